The average Bonchev–Trinajstić information content (AvgIpc) is 3.25. The molecule has 0 spiro atoms. The number of ether oxygens (including phenoxy) is 1. The van der Waals surface area contributed by atoms with E-state index in [1.807, 2.05) is 24.3 Å². The molecule has 1 atom stereocenters. The van der Waals surface area contributed by atoms with E-state index in [1.165, 1.54) is 0 Å². The lowest BCUT2D eigenvalue weighted by molar-refractivity contribution is -0.147. The number of anilines is 1. The summed E-state index contributed by atoms with van der Waals surface area (Å²) in [7, 11) is 0. The summed E-state index contributed by atoms with van der Waals surface area (Å²) in [5.41, 5.74) is 2.75. The Morgan fingerprint density at radius 3 is 3.00 bits per heavy atom. The van der Waals surface area contributed by atoms with E-state index < -0.39 is 5.92 Å². The molecule has 0 aliphatic carbocycles. The molecule has 0 unspecified atom stereocenters. The first-order valence-electron chi connectivity index (χ1n) is 8.68. The Balaban J connectivity index is 1.62. The topological polar surface area (TPSA) is 72.6 Å². The molecule has 2 aromatic carbocycles. The van der Waals surface area contributed by atoms with Gasteiger partial charge in [-0.2, -0.15) is 0 Å². The van der Waals surface area contributed by atoms with E-state index >= 15 is 0 Å². The highest BCUT2D eigenvalue weighted by molar-refractivity contribution is 6.31. The molecule has 1 aliphatic heterocycles. The van der Waals surface area contributed by atoms with E-state index in [0.717, 1.165) is 5.56 Å². The Morgan fingerprint density at radius 2 is 2.19 bits per heavy atom. The van der Waals surface area contributed by atoms with Crippen LogP contribution < -0.4 is 4.90 Å². The number of amides is 1. The molecule has 0 radical (unpaired) electrons. The number of nitrogens with zero attached hydrogens (tertiary/aromatic N) is 2. The molecule has 1 amide bonds. The number of hydrogen-bond acceptors (Lipinski definition) is 5. The summed E-state index contributed by atoms with van der Waals surface area (Å²) in [6, 6.07) is 12.6. The molecule has 1 fully saturated rings. The van der Waals surface area contributed by atoms with Crippen LogP contribution in [0.5, 0.6) is 0 Å². The Labute approximate surface area is 160 Å². The predicted octanol–water partition coefficient (Wildman–Crippen LogP) is 4.06. The number of esters is 1. The molecular formula is C20H17ClN2O4. The zero-order valence-electron chi connectivity index (χ0n) is 14.6. The van der Waals surface area contributed by atoms with E-state index in [0.29, 0.717) is 40.9 Å². The molecule has 1 saturated heterocycles. The summed E-state index contributed by atoms with van der Waals surface area (Å²) in [5.74, 6) is -0.426. The summed E-state index contributed by atoms with van der Waals surface area (Å²) >= 11 is 6.00. The van der Waals surface area contributed by atoms with Gasteiger partial charge in [-0.1, -0.05) is 17.7 Å². The smallest absolute Gasteiger partial charge is 0.311 e. The Morgan fingerprint density at radius 1 is 1.33 bits per heavy atom. The van der Waals surface area contributed by atoms with Gasteiger partial charge >= 0.3 is 5.97 Å². The molecule has 138 valence electrons. The molecule has 3 aromatic rings. The molecule has 4 rings (SSSR count). The third-order valence-corrected chi connectivity index (χ3v) is 4.73. The fraction of sp³-hybridized carbons (Fsp3) is 0.250. The second kappa shape index (κ2) is 7.04. The molecule has 0 N–H and O–H groups in total. The lowest BCUT2D eigenvalue weighted by Gasteiger charge is -2.17. The minimum absolute atomic E-state index is 0.102. The van der Waals surface area contributed by atoms with Crippen molar-refractivity contribution in [3.8, 4) is 11.5 Å². The summed E-state index contributed by atoms with van der Waals surface area (Å²) in [5, 5.41) is 0.587. The third kappa shape index (κ3) is 3.40. The van der Waals surface area contributed by atoms with Gasteiger partial charge in [0.15, 0.2) is 5.58 Å². The van der Waals surface area contributed by atoms with Crippen molar-refractivity contribution in [3.05, 3.63) is 47.5 Å². The molecule has 1 aliphatic rings. The fourth-order valence-corrected chi connectivity index (χ4v) is 3.37. The van der Waals surface area contributed by atoms with Crippen LogP contribution in [0.1, 0.15) is 13.3 Å². The van der Waals surface area contributed by atoms with Crippen LogP contribution in [0.25, 0.3) is 22.6 Å². The Hall–Kier alpha value is -2.86. The van der Waals surface area contributed by atoms with E-state index in [2.05, 4.69) is 4.98 Å². The minimum Gasteiger partial charge on any atom is -0.466 e. The first-order valence-corrected chi connectivity index (χ1v) is 9.06. The number of carbonyl (C=O) groups is 2. The number of carbonyl (C=O) groups excluding carboxylic acids is 2. The Kier molecular flexibility index (Phi) is 4.58. The maximum absolute atomic E-state index is 12.4. The van der Waals surface area contributed by atoms with Crippen molar-refractivity contribution < 1.29 is 18.7 Å². The maximum Gasteiger partial charge on any atom is 0.311 e. The normalized spacial score (nSPS) is 16.9. The number of fused-ring (bicyclic) bond motifs is 1. The van der Waals surface area contributed by atoms with Gasteiger partial charge in [0.25, 0.3) is 0 Å². The van der Waals surface area contributed by atoms with Gasteiger partial charge in [0.1, 0.15) is 5.52 Å². The molecule has 7 heteroatoms. The van der Waals surface area contributed by atoms with Crippen molar-refractivity contribution >= 4 is 40.3 Å². The summed E-state index contributed by atoms with van der Waals surface area (Å²) in [4.78, 5) is 30.4. The lowest BCUT2D eigenvalue weighted by atomic mass is 10.1. The van der Waals surface area contributed by atoms with Crippen molar-refractivity contribution in [1.29, 1.82) is 0 Å². The zero-order chi connectivity index (χ0) is 19.0. The quantitative estimate of drug-likeness (QED) is 0.634. The maximum atomic E-state index is 12.4. The van der Waals surface area contributed by atoms with Crippen LogP contribution in [0.15, 0.2) is 46.9 Å². The van der Waals surface area contributed by atoms with E-state index in [-0.39, 0.29) is 18.3 Å². The molecule has 2 heterocycles. The van der Waals surface area contributed by atoms with Gasteiger partial charge in [-0.15, -0.1) is 0 Å². The van der Waals surface area contributed by atoms with Crippen molar-refractivity contribution in [1.82, 2.24) is 4.98 Å². The fourth-order valence-electron chi connectivity index (χ4n) is 3.21. The number of hydrogen-bond donors (Lipinski definition) is 0. The summed E-state index contributed by atoms with van der Waals surface area (Å²) in [6.45, 7) is 2.37. The van der Waals surface area contributed by atoms with Crippen LogP contribution >= 0.6 is 11.6 Å². The van der Waals surface area contributed by atoms with Crippen LogP contribution in [-0.2, 0) is 14.3 Å². The average molecular weight is 385 g/mol. The van der Waals surface area contributed by atoms with Crippen LogP contribution in [-0.4, -0.2) is 30.0 Å². The molecule has 27 heavy (non-hydrogen) atoms. The highest BCUT2D eigenvalue weighted by Gasteiger charge is 2.36. The first-order chi connectivity index (χ1) is 13.0. The molecular weight excluding hydrogens is 368 g/mol. The highest BCUT2D eigenvalue weighted by Crippen LogP contribution is 2.31. The van der Waals surface area contributed by atoms with Gasteiger partial charge < -0.3 is 14.1 Å². The summed E-state index contributed by atoms with van der Waals surface area (Å²) in [6.07, 6.45) is 0.157. The summed E-state index contributed by atoms with van der Waals surface area (Å²) < 4.78 is 10.8. The van der Waals surface area contributed by atoms with E-state index in [1.54, 1.807) is 30.0 Å². The second-order valence-electron chi connectivity index (χ2n) is 6.34. The van der Waals surface area contributed by atoms with E-state index in [4.69, 9.17) is 20.8 Å². The number of benzene rings is 2. The van der Waals surface area contributed by atoms with Crippen LogP contribution in [0.4, 0.5) is 5.69 Å². The van der Waals surface area contributed by atoms with Crippen LogP contribution in [0, 0.1) is 5.92 Å². The third-order valence-electron chi connectivity index (χ3n) is 4.50. The van der Waals surface area contributed by atoms with Gasteiger partial charge in [0, 0.05) is 29.2 Å². The minimum atomic E-state index is -0.437. The molecule has 0 saturated carbocycles. The van der Waals surface area contributed by atoms with Gasteiger partial charge in [0.2, 0.25) is 11.8 Å². The van der Waals surface area contributed by atoms with Gasteiger partial charge in [-0.05, 0) is 43.3 Å². The van der Waals surface area contributed by atoms with Crippen molar-refractivity contribution in [3.63, 3.8) is 0 Å². The zero-order valence-corrected chi connectivity index (χ0v) is 15.4. The van der Waals surface area contributed by atoms with Crippen molar-refractivity contribution in [2.24, 2.45) is 5.92 Å². The van der Waals surface area contributed by atoms with Gasteiger partial charge in [-0.3, -0.25) is 9.59 Å². The van der Waals surface area contributed by atoms with Crippen molar-refractivity contribution in [2.75, 3.05) is 18.1 Å². The first kappa shape index (κ1) is 17.5. The second-order valence-corrected chi connectivity index (χ2v) is 6.78. The standard InChI is InChI=1S/C20H17ClN2O4/c1-2-26-20(25)13-9-18(24)23(11-13)15-5-3-4-12(8-15)19-22-16-10-14(21)6-7-17(16)27-19/h3-8,10,13H,2,9,11H2,1H3/t13-/m1/s1. The Bertz CT molecular complexity index is 1030. The van der Waals surface area contributed by atoms with Crippen LogP contribution in [0.3, 0.4) is 0 Å². The molecule has 1 aromatic heterocycles. The number of halogens is 1. The monoisotopic (exact) mass is 384 g/mol. The van der Waals surface area contributed by atoms with Crippen LogP contribution in [0.2, 0.25) is 5.02 Å². The largest absolute Gasteiger partial charge is 0.466 e. The number of rotatable bonds is 4. The SMILES string of the molecule is CCOC(=O)[C@@H]1CC(=O)N(c2cccc(-c3nc4cc(Cl)ccc4o3)c2)C1. The molecule has 0 bridgehead atoms. The lowest BCUT2D eigenvalue weighted by Crippen LogP contribution is -2.26. The van der Waals surface area contributed by atoms with E-state index in [9.17, 15) is 9.59 Å². The van der Waals surface area contributed by atoms with Gasteiger partial charge in [0.05, 0.1) is 12.5 Å². The predicted molar refractivity (Wildman–Crippen MR) is 102 cm³/mol. The number of oxazole rings is 1. The van der Waals surface area contributed by atoms with Gasteiger partial charge in [-0.25, -0.2) is 4.98 Å². The highest BCUT2D eigenvalue weighted by atomic mass is 35.5. The van der Waals surface area contributed by atoms with Crippen molar-refractivity contribution in [2.45, 2.75) is 13.3 Å². The molecule has 6 nitrogen and oxygen atoms in total. The number of aromatic nitrogens is 1.